The van der Waals surface area contributed by atoms with Crippen molar-refractivity contribution < 1.29 is 9.90 Å². The zero-order valence-electron chi connectivity index (χ0n) is 8.47. The SMILES string of the molecule is CN(C)C(=O)CCn1cnc(CO)c1. The van der Waals surface area contributed by atoms with Gasteiger partial charge in [-0.2, -0.15) is 0 Å². The highest BCUT2D eigenvalue weighted by molar-refractivity contribution is 5.75. The third-order valence-electron chi connectivity index (χ3n) is 1.93. The lowest BCUT2D eigenvalue weighted by Gasteiger charge is -2.09. The van der Waals surface area contributed by atoms with E-state index in [1.807, 2.05) is 0 Å². The van der Waals surface area contributed by atoms with Crippen LogP contribution in [0.3, 0.4) is 0 Å². The summed E-state index contributed by atoms with van der Waals surface area (Å²) in [7, 11) is 3.46. The van der Waals surface area contributed by atoms with Crippen LogP contribution in [0.25, 0.3) is 0 Å². The molecule has 0 fully saturated rings. The van der Waals surface area contributed by atoms with Crippen LogP contribution in [0.1, 0.15) is 12.1 Å². The average Bonchev–Trinajstić information content (AvgIpc) is 2.61. The number of carbonyl (C=O) groups excluding carboxylic acids is 1. The number of imidazole rings is 1. The molecular formula is C9H15N3O2. The summed E-state index contributed by atoms with van der Waals surface area (Å²) in [5.74, 6) is 0.0873. The predicted molar refractivity (Wildman–Crippen MR) is 51.5 cm³/mol. The van der Waals surface area contributed by atoms with E-state index in [9.17, 15) is 4.79 Å². The normalized spacial score (nSPS) is 10.2. The van der Waals surface area contributed by atoms with Gasteiger partial charge in [0, 0.05) is 33.3 Å². The minimum absolute atomic E-state index is 0.0609. The van der Waals surface area contributed by atoms with Crippen molar-refractivity contribution in [3.63, 3.8) is 0 Å². The molecule has 5 heteroatoms. The Morgan fingerprint density at radius 3 is 2.86 bits per heavy atom. The van der Waals surface area contributed by atoms with Gasteiger partial charge in [-0.3, -0.25) is 4.79 Å². The Bertz CT molecular complexity index is 307. The molecule has 1 N–H and O–H groups in total. The Labute approximate surface area is 83.0 Å². The Morgan fingerprint density at radius 1 is 1.64 bits per heavy atom. The summed E-state index contributed by atoms with van der Waals surface area (Å²) < 4.78 is 1.80. The molecule has 0 radical (unpaired) electrons. The minimum Gasteiger partial charge on any atom is -0.390 e. The fourth-order valence-corrected chi connectivity index (χ4v) is 1.06. The zero-order valence-corrected chi connectivity index (χ0v) is 8.47. The standard InChI is InChI=1S/C9H15N3O2/c1-11(2)9(14)3-4-12-5-8(6-13)10-7-12/h5,7,13H,3-4,6H2,1-2H3. The van der Waals surface area contributed by atoms with Crippen LogP contribution >= 0.6 is 0 Å². The number of aliphatic hydroxyl groups is 1. The lowest BCUT2D eigenvalue weighted by Crippen LogP contribution is -2.22. The van der Waals surface area contributed by atoms with Crippen LogP contribution < -0.4 is 0 Å². The Balaban J connectivity index is 2.41. The van der Waals surface area contributed by atoms with Crippen molar-refractivity contribution in [2.75, 3.05) is 14.1 Å². The maximum absolute atomic E-state index is 11.2. The van der Waals surface area contributed by atoms with Crippen LogP contribution in [-0.2, 0) is 17.9 Å². The number of rotatable bonds is 4. The number of aromatic nitrogens is 2. The second-order valence-electron chi connectivity index (χ2n) is 3.30. The number of aliphatic hydroxyl groups excluding tert-OH is 1. The van der Waals surface area contributed by atoms with Gasteiger partial charge in [-0.1, -0.05) is 0 Å². The average molecular weight is 197 g/mol. The number of aryl methyl sites for hydroxylation is 1. The van der Waals surface area contributed by atoms with Gasteiger partial charge >= 0.3 is 0 Å². The van der Waals surface area contributed by atoms with Crippen LogP contribution in [0, 0.1) is 0 Å². The summed E-state index contributed by atoms with van der Waals surface area (Å²) in [5.41, 5.74) is 0.627. The molecular weight excluding hydrogens is 182 g/mol. The van der Waals surface area contributed by atoms with Gasteiger partial charge in [0.25, 0.3) is 0 Å². The third kappa shape index (κ3) is 2.85. The van der Waals surface area contributed by atoms with Crippen LogP contribution in [0.4, 0.5) is 0 Å². The number of carbonyl (C=O) groups is 1. The number of nitrogens with zero attached hydrogens (tertiary/aromatic N) is 3. The second-order valence-corrected chi connectivity index (χ2v) is 3.30. The molecule has 78 valence electrons. The van der Waals surface area contributed by atoms with Crippen molar-refractivity contribution in [2.24, 2.45) is 0 Å². The molecule has 14 heavy (non-hydrogen) atoms. The van der Waals surface area contributed by atoms with E-state index >= 15 is 0 Å². The molecule has 1 rings (SSSR count). The molecule has 0 saturated carbocycles. The molecule has 0 aliphatic heterocycles. The monoisotopic (exact) mass is 197 g/mol. The first-order chi connectivity index (χ1) is 6.63. The first-order valence-electron chi connectivity index (χ1n) is 4.45. The summed E-state index contributed by atoms with van der Waals surface area (Å²) in [4.78, 5) is 16.7. The molecule has 1 amide bonds. The van der Waals surface area contributed by atoms with Crippen LogP contribution in [-0.4, -0.2) is 39.6 Å². The summed E-state index contributed by atoms with van der Waals surface area (Å²) in [6, 6.07) is 0. The van der Waals surface area contributed by atoms with E-state index in [4.69, 9.17) is 5.11 Å². The lowest BCUT2D eigenvalue weighted by molar-refractivity contribution is -0.128. The minimum atomic E-state index is -0.0609. The lowest BCUT2D eigenvalue weighted by atomic mass is 10.4. The fraction of sp³-hybridized carbons (Fsp3) is 0.556. The smallest absolute Gasteiger partial charge is 0.223 e. The van der Waals surface area contributed by atoms with Crippen molar-refractivity contribution >= 4 is 5.91 Å². The van der Waals surface area contributed by atoms with Crippen LogP contribution in [0.15, 0.2) is 12.5 Å². The van der Waals surface area contributed by atoms with Crippen molar-refractivity contribution in [1.82, 2.24) is 14.5 Å². The first-order valence-corrected chi connectivity index (χ1v) is 4.45. The van der Waals surface area contributed by atoms with E-state index in [-0.39, 0.29) is 12.5 Å². The van der Waals surface area contributed by atoms with E-state index in [0.29, 0.717) is 18.7 Å². The van der Waals surface area contributed by atoms with Gasteiger partial charge in [0.15, 0.2) is 0 Å². The molecule has 0 bridgehead atoms. The van der Waals surface area contributed by atoms with E-state index in [1.165, 1.54) is 0 Å². The van der Waals surface area contributed by atoms with Crippen molar-refractivity contribution in [2.45, 2.75) is 19.6 Å². The van der Waals surface area contributed by atoms with Crippen molar-refractivity contribution in [3.05, 3.63) is 18.2 Å². The maximum Gasteiger partial charge on any atom is 0.223 e. The molecule has 0 saturated heterocycles. The van der Waals surface area contributed by atoms with Gasteiger partial charge in [0.1, 0.15) is 0 Å². The van der Waals surface area contributed by atoms with Gasteiger partial charge in [0.2, 0.25) is 5.91 Å². The Hall–Kier alpha value is -1.36. The molecule has 1 heterocycles. The highest BCUT2D eigenvalue weighted by Gasteiger charge is 2.04. The number of hydrogen-bond donors (Lipinski definition) is 1. The summed E-state index contributed by atoms with van der Waals surface area (Å²) >= 11 is 0. The van der Waals surface area contributed by atoms with E-state index in [2.05, 4.69) is 4.98 Å². The van der Waals surface area contributed by atoms with Crippen LogP contribution in [0.5, 0.6) is 0 Å². The molecule has 1 aromatic rings. The van der Waals surface area contributed by atoms with Gasteiger partial charge in [-0.05, 0) is 0 Å². The largest absolute Gasteiger partial charge is 0.390 e. The van der Waals surface area contributed by atoms with E-state index < -0.39 is 0 Å². The van der Waals surface area contributed by atoms with Gasteiger partial charge < -0.3 is 14.6 Å². The highest BCUT2D eigenvalue weighted by Crippen LogP contribution is 1.98. The molecule has 1 aromatic heterocycles. The predicted octanol–water partition coefficient (Wildman–Crippen LogP) is -0.146. The molecule has 0 aliphatic rings. The zero-order chi connectivity index (χ0) is 10.6. The van der Waals surface area contributed by atoms with Gasteiger partial charge in [0.05, 0.1) is 18.6 Å². The maximum atomic E-state index is 11.2. The molecule has 0 aromatic carbocycles. The summed E-state index contributed by atoms with van der Waals surface area (Å²) in [6.45, 7) is 0.540. The first kappa shape index (κ1) is 10.7. The van der Waals surface area contributed by atoms with Gasteiger partial charge in [-0.25, -0.2) is 4.98 Å². The van der Waals surface area contributed by atoms with Crippen molar-refractivity contribution in [1.29, 1.82) is 0 Å². The highest BCUT2D eigenvalue weighted by atomic mass is 16.3. The number of hydrogen-bond acceptors (Lipinski definition) is 3. The second kappa shape index (κ2) is 4.76. The quantitative estimate of drug-likeness (QED) is 0.730. The molecule has 0 spiro atoms. The summed E-state index contributed by atoms with van der Waals surface area (Å²) in [6.07, 6.45) is 3.81. The topological polar surface area (TPSA) is 58.4 Å². The van der Waals surface area contributed by atoms with Crippen molar-refractivity contribution in [3.8, 4) is 0 Å². The molecule has 5 nitrogen and oxygen atoms in total. The Morgan fingerprint density at radius 2 is 2.36 bits per heavy atom. The molecule has 0 atom stereocenters. The van der Waals surface area contributed by atoms with Crippen LogP contribution in [0.2, 0.25) is 0 Å². The number of amides is 1. The van der Waals surface area contributed by atoms with E-state index in [0.717, 1.165) is 0 Å². The molecule has 0 aliphatic carbocycles. The third-order valence-corrected chi connectivity index (χ3v) is 1.93. The summed E-state index contributed by atoms with van der Waals surface area (Å²) in [5, 5.41) is 8.77. The van der Waals surface area contributed by atoms with E-state index in [1.54, 1.807) is 36.1 Å². The molecule has 0 unspecified atom stereocenters. The Kier molecular flexibility index (Phi) is 3.64. The fourth-order valence-electron chi connectivity index (χ4n) is 1.06. The van der Waals surface area contributed by atoms with Gasteiger partial charge in [-0.15, -0.1) is 0 Å².